The van der Waals surface area contributed by atoms with Crippen molar-refractivity contribution in [1.29, 1.82) is 0 Å². The minimum absolute atomic E-state index is 0.00486. The van der Waals surface area contributed by atoms with Crippen molar-refractivity contribution >= 4 is 29.6 Å². The molecule has 1 rings (SSSR count). The lowest BCUT2D eigenvalue weighted by molar-refractivity contribution is -0.142. The van der Waals surface area contributed by atoms with Gasteiger partial charge in [-0.1, -0.05) is 26.0 Å². The minimum atomic E-state index is -1.40. The maximum Gasteiger partial charge on any atom is 0.326 e. The fourth-order valence-electron chi connectivity index (χ4n) is 3.19. The first kappa shape index (κ1) is 29.4. The number of carboxylic acid groups (broad SMARTS) is 1. The van der Waals surface area contributed by atoms with Gasteiger partial charge < -0.3 is 37.6 Å². The van der Waals surface area contributed by atoms with Crippen molar-refractivity contribution in [3.63, 3.8) is 0 Å². The number of carbonyl (C=O) groups excluding carboxylic acids is 4. The molecule has 0 heterocycles. The molecule has 4 amide bonds. The van der Waals surface area contributed by atoms with E-state index in [0.29, 0.717) is 12.0 Å². The molecule has 4 atom stereocenters. The van der Waals surface area contributed by atoms with Gasteiger partial charge in [0.15, 0.2) is 0 Å². The largest absolute Gasteiger partial charge is 0.508 e. The zero-order valence-electron chi connectivity index (χ0n) is 20.1. The summed E-state index contributed by atoms with van der Waals surface area (Å²) < 4.78 is 0. The Morgan fingerprint density at radius 3 is 1.97 bits per heavy atom. The van der Waals surface area contributed by atoms with E-state index in [1.54, 1.807) is 12.1 Å². The van der Waals surface area contributed by atoms with Gasteiger partial charge in [0.2, 0.25) is 23.6 Å². The SMILES string of the molecule is CC(C)CC(N)C(=O)NC(C)C(=O)NC(Cc1ccc(O)cc1)C(=O)NC(CCC(N)=O)C(=O)O. The number of amides is 4. The first-order chi connectivity index (χ1) is 16.3. The molecule has 0 aliphatic rings. The van der Waals surface area contributed by atoms with E-state index in [2.05, 4.69) is 16.0 Å². The number of nitrogens with one attached hydrogen (secondary N) is 3. The summed E-state index contributed by atoms with van der Waals surface area (Å²) in [5, 5.41) is 26.2. The number of rotatable bonds is 14. The fraction of sp³-hybridized carbons (Fsp3) is 0.522. The van der Waals surface area contributed by atoms with Gasteiger partial charge in [0.1, 0.15) is 23.9 Å². The molecule has 9 N–H and O–H groups in total. The zero-order chi connectivity index (χ0) is 26.7. The summed E-state index contributed by atoms with van der Waals surface area (Å²) in [7, 11) is 0. The lowest BCUT2D eigenvalue weighted by atomic mass is 10.0. The highest BCUT2D eigenvalue weighted by atomic mass is 16.4. The highest BCUT2D eigenvalue weighted by molar-refractivity contribution is 5.94. The van der Waals surface area contributed by atoms with Gasteiger partial charge in [-0.05, 0) is 43.4 Å². The van der Waals surface area contributed by atoms with Gasteiger partial charge in [0.05, 0.1) is 6.04 Å². The zero-order valence-corrected chi connectivity index (χ0v) is 20.1. The molecule has 0 bridgehead atoms. The summed E-state index contributed by atoms with van der Waals surface area (Å²) in [4.78, 5) is 60.5. The van der Waals surface area contributed by atoms with E-state index in [0.717, 1.165) is 0 Å². The molecule has 0 aromatic heterocycles. The summed E-state index contributed by atoms with van der Waals surface area (Å²) in [5.74, 6) is -3.91. The van der Waals surface area contributed by atoms with Crippen LogP contribution in [0.3, 0.4) is 0 Å². The number of aromatic hydroxyl groups is 1. The number of aliphatic carboxylic acids is 1. The molecule has 0 aliphatic carbocycles. The molecule has 0 saturated heterocycles. The average Bonchev–Trinajstić information content (AvgIpc) is 2.76. The van der Waals surface area contributed by atoms with Crippen molar-refractivity contribution in [1.82, 2.24) is 16.0 Å². The molecule has 0 saturated carbocycles. The van der Waals surface area contributed by atoms with E-state index in [1.165, 1.54) is 19.1 Å². The molecule has 4 unspecified atom stereocenters. The predicted molar refractivity (Wildman–Crippen MR) is 127 cm³/mol. The van der Waals surface area contributed by atoms with Gasteiger partial charge in [-0.2, -0.15) is 0 Å². The third kappa shape index (κ3) is 10.9. The van der Waals surface area contributed by atoms with Gasteiger partial charge in [0.25, 0.3) is 0 Å². The monoisotopic (exact) mass is 493 g/mol. The second-order valence-electron chi connectivity index (χ2n) is 8.80. The van der Waals surface area contributed by atoms with Crippen molar-refractivity contribution in [2.75, 3.05) is 0 Å². The number of phenols is 1. The van der Waals surface area contributed by atoms with Crippen LogP contribution in [0.15, 0.2) is 24.3 Å². The average molecular weight is 494 g/mol. The Morgan fingerprint density at radius 2 is 1.46 bits per heavy atom. The Labute approximate surface area is 203 Å². The van der Waals surface area contributed by atoms with Crippen LogP contribution in [0.5, 0.6) is 5.75 Å². The minimum Gasteiger partial charge on any atom is -0.508 e. The molecule has 0 fully saturated rings. The van der Waals surface area contributed by atoms with Gasteiger partial charge in [-0.3, -0.25) is 19.2 Å². The van der Waals surface area contributed by atoms with E-state index in [1.807, 2.05) is 13.8 Å². The van der Waals surface area contributed by atoms with E-state index in [-0.39, 0.29) is 30.9 Å². The highest BCUT2D eigenvalue weighted by Gasteiger charge is 2.29. The molecule has 1 aromatic rings. The quantitative estimate of drug-likeness (QED) is 0.172. The summed E-state index contributed by atoms with van der Waals surface area (Å²) in [6, 6.07) is 1.44. The van der Waals surface area contributed by atoms with Crippen LogP contribution in [0, 0.1) is 5.92 Å². The molecule has 35 heavy (non-hydrogen) atoms. The lowest BCUT2D eigenvalue weighted by Crippen LogP contribution is -2.57. The van der Waals surface area contributed by atoms with E-state index < -0.39 is 53.8 Å². The van der Waals surface area contributed by atoms with Crippen molar-refractivity contribution in [3.8, 4) is 5.75 Å². The molecular weight excluding hydrogens is 458 g/mol. The number of hydrogen-bond donors (Lipinski definition) is 7. The van der Waals surface area contributed by atoms with Gasteiger partial charge in [-0.15, -0.1) is 0 Å². The summed E-state index contributed by atoms with van der Waals surface area (Å²) in [6.07, 6.45) is -0.0934. The Morgan fingerprint density at radius 1 is 0.886 bits per heavy atom. The maximum absolute atomic E-state index is 12.9. The maximum atomic E-state index is 12.9. The van der Waals surface area contributed by atoms with Crippen LogP contribution in [-0.4, -0.2) is 64.0 Å². The topological polar surface area (TPSA) is 214 Å². The third-order valence-electron chi connectivity index (χ3n) is 5.12. The molecule has 0 spiro atoms. The van der Waals surface area contributed by atoms with Crippen LogP contribution < -0.4 is 27.4 Å². The first-order valence-electron chi connectivity index (χ1n) is 11.3. The van der Waals surface area contributed by atoms with Crippen LogP contribution in [0.4, 0.5) is 0 Å². The van der Waals surface area contributed by atoms with Crippen molar-refractivity contribution in [3.05, 3.63) is 29.8 Å². The number of carboxylic acids is 1. The molecule has 194 valence electrons. The Balaban J connectivity index is 2.98. The Hall–Kier alpha value is -3.67. The standard InChI is InChI=1S/C23H35N5O7/c1-12(2)10-16(24)21(32)26-13(3)20(31)28-18(11-14-4-6-15(29)7-5-14)22(33)27-17(23(34)35)8-9-19(25)30/h4-7,12-13,16-18,29H,8-11,24H2,1-3H3,(H2,25,30)(H,26,32)(H,27,33)(H,28,31)(H,34,35). The molecule has 1 aromatic carbocycles. The number of benzene rings is 1. The molecular formula is C23H35N5O7. The third-order valence-corrected chi connectivity index (χ3v) is 5.12. The van der Waals surface area contributed by atoms with Gasteiger partial charge in [-0.25, -0.2) is 4.79 Å². The molecule has 12 nitrogen and oxygen atoms in total. The van der Waals surface area contributed by atoms with Crippen LogP contribution >= 0.6 is 0 Å². The van der Waals surface area contributed by atoms with E-state index in [4.69, 9.17) is 11.5 Å². The summed E-state index contributed by atoms with van der Waals surface area (Å²) in [5.41, 5.74) is 11.5. The number of hydrogen-bond acceptors (Lipinski definition) is 7. The highest BCUT2D eigenvalue weighted by Crippen LogP contribution is 2.12. The number of carbonyl (C=O) groups is 5. The molecule has 0 radical (unpaired) electrons. The molecule has 12 heteroatoms. The number of primary amides is 1. The smallest absolute Gasteiger partial charge is 0.326 e. The molecule has 0 aliphatic heterocycles. The van der Waals surface area contributed by atoms with Crippen LogP contribution in [0.2, 0.25) is 0 Å². The van der Waals surface area contributed by atoms with E-state index in [9.17, 15) is 34.2 Å². The van der Waals surface area contributed by atoms with Crippen LogP contribution in [-0.2, 0) is 30.4 Å². The van der Waals surface area contributed by atoms with Crippen molar-refractivity contribution < 1.29 is 34.2 Å². The second kappa shape index (κ2) is 13.9. The van der Waals surface area contributed by atoms with Crippen LogP contribution in [0.1, 0.15) is 45.6 Å². The normalized spacial score (nSPS) is 14.3. The second-order valence-corrected chi connectivity index (χ2v) is 8.80. The van der Waals surface area contributed by atoms with E-state index >= 15 is 0 Å². The van der Waals surface area contributed by atoms with Gasteiger partial charge in [0, 0.05) is 12.8 Å². The summed E-state index contributed by atoms with van der Waals surface area (Å²) in [6.45, 7) is 5.24. The Kier molecular flexibility index (Phi) is 11.7. The summed E-state index contributed by atoms with van der Waals surface area (Å²) >= 11 is 0. The van der Waals surface area contributed by atoms with Crippen molar-refractivity contribution in [2.24, 2.45) is 17.4 Å². The van der Waals surface area contributed by atoms with Crippen LogP contribution in [0.25, 0.3) is 0 Å². The van der Waals surface area contributed by atoms with Gasteiger partial charge >= 0.3 is 5.97 Å². The first-order valence-corrected chi connectivity index (χ1v) is 11.3. The number of phenolic OH excluding ortho intramolecular Hbond substituents is 1. The Bertz CT molecular complexity index is 904. The number of nitrogens with two attached hydrogens (primary N) is 2. The van der Waals surface area contributed by atoms with Crippen molar-refractivity contribution in [2.45, 2.75) is 70.6 Å². The fourth-order valence-corrected chi connectivity index (χ4v) is 3.19. The predicted octanol–water partition coefficient (Wildman–Crippen LogP) is -0.867. The lowest BCUT2D eigenvalue weighted by Gasteiger charge is -2.24.